The van der Waals surface area contributed by atoms with Crippen LogP contribution < -0.4 is 10.5 Å². The molecule has 0 radical (unpaired) electrons. The summed E-state index contributed by atoms with van der Waals surface area (Å²) < 4.78 is 25.3. The summed E-state index contributed by atoms with van der Waals surface area (Å²) in [6, 6.07) is 6.16. The third kappa shape index (κ3) is 1.41. The zero-order valence-corrected chi connectivity index (χ0v) is 8.78. The molecular weight excluding hydrogens is 232 g/mol. The van der Waals surface area contributed by atoms with E-state index in [-0.39, 0.29) is 11.3 Å². The van der Waals surface area contributed by atoms with Gasteiger partial charge in [-0.25, -0.2) is 8.42 Å². The van der Waals surface area contributed by atoms with Gasteiger partial charge in [0.1, 0.15) is 0 Å². The number of aliphatic hydroxyl groups excluding tert-OH is 1. The van der Waals surface area contributed by atoms with E-state index in [1.807, 2.05) is 0 Å². The third-order valence-corrected chi connectivity index (χ3v) is 3.55. The van der Waals surface area contributed by atoms with Gasteiger partial charge in [-0.1, -0.05) is 12.1 Å². The quantitative estimate of drug-likeness (QED) is 0.649. The molecule has 0 unspecified atom stereocenters. The lowest BCUT2D eigenvalue weighted by Crippen LogP contribution is -2.30. The SMILES string of the molecule is NC(=O)C1=C(O)c2ccccc2NS1(=O)=O. The van der Waals surface area contributed by atoms with Crippen LogP contribution in [0.4, 0.5) is 5.69 Å². The fraction of sp³-hybridized carbons (Fsp3) is 0. The molecule has 0 bridgehead atoms. The molecule has 4 N–H and O–H groups in total. The number of fused-ring (bicyclic) bond motifs is 1. The Labute approximate surface area is 91.4 Å². The molecule has 0 aliphatic carbocycles. The molecule has 0 atom stereocenters. The molecule has 0 aromatic heterocycles. The first-order valence-electron chi connectivity index (χ1n) is 4.29. The number of carbonyl (C=O) groups is 1. The molecule has 0 saturated heterocycles. The Morgan fingerprint density at radius 1 is 1.31 bits per heavy atom. The van der Waals surface area contributed by atoms with Crippen molar-refractivity contribution in [2.75, 3.05) is 4.72 Å². The second kappa shape index (κ2) is 3.24. The lowest BCUT2D eigenvalue weighted by molar-refractivity contribution is -0.113. The lowest BCUT2D eigenvalue weighted by atomic mass is 10.1. The highest BCUT2D eigenvalue weighted by Crippen LogP contribution is 2.32. The number of benzene rings is 1. The van der Waals surface area contributed by atoms with Crippen molar-refractivity contribution in [2.24, 2.45) is 5.73 Å². The number of nitrogens with two attached hydrogens (primary N) is 1. The molecule has 16 heavy (non-hydrogen) atoms. The zero-order chi connectivity index (χ0) is 11.9. The molecule has 0 fully saturated rings. The van der Waals surface area contributed by atoms with Gasteiger partial charge in [-0.05, 0) is 12.1 Å². The average molecular weight is 240 g/mol. The van der Waals surface area contributed by atoms with Crippen LogP contribution in [0.2, 0.25) is 0 Å². The Morgan fingerprint density at radius 3 is 2.56 bits per heavy atom. The van der Waals surface area contributed by atoms with Gasteiger partial charge in [0, 0.05) is 5.56 Å². The predicted molar refractivity (Wildman–Crippen MR) is 57.7 cm³/mol. The van der Waals surface area contributed by atoms with Gasteiger partial charge >= 0.3 is 0 Å². The molecule has 2 rings (SSSR count). The molecule has 1 amide bonds. The summed E-state index contributed by atoms with van der Waals surface area (Å²) in [4.78, 5) is 10.2. The maximum absolute atomic E-state index is 11.6. The van der Waals surface area contributed by atoms with E-state index in [1.165, 1.54) is 12.1 Å². The monoisotopic (exact) mass is 240 g/mol. The van der Waals surface area contributed by atoms with Crippen molar-refractivity contribution in [1.82, 2.24) is 0 Å². The standard InChI is InChI=1S/C9H8N2O4S/c10-9(13)8-7(12)5-3-1-2-4-6(5)11-16(8,14)15/h1-4,11-12H,(H2,10,13). The number of anilines is 1. The summed E-state index contributed by atoms with van der Waals surface area (Å²) in [5.41, 5.74) is 5.36. The van der Waals surface area contributed by atoms with Crippen LogP contribution in [-0.2, 0) is 14.8 Å². The summed E-state index contributed by atoms with van der Waals surface area (Å²) in [6.45, 7) is 0. The lowest BCUT2D eigenvalue weighted by Gasteiger charge is -2.19. The van der Waals surface area contributed by atoms with Gasteiger partial charge in [-0.15, -0.1) is 0 Å². The maximum Gasteiger partial charge on any atom is 0.271 e. The summed E-state index contributed by atoms with van der Waals surface area (Å²) in [5, 5.41) is 9.69. The Kier molecular flexibility index (Phi) is 2.13. The van der Waals surface area contributed by atoms with Crippen LogP contribution in [0.15, 0.2) is 29.2 Å². The van der Waals surface area contributed by atoms with Crippen LogP contribution >= 0.6 is 0 Å². The van der Waals surface area contributed by atoms with Crippen molar-refractivity contribution < 1.29 is 18.3 Å². The highest BCUT2D eigenvalue weighted by molar-refractivity contribution is 7.97. The molecule has 6 nitrogen and oxygen atoms in total. The number of sulfonamides is 1. The summed E-state index contributed by atoms with van der Waals surface area (Å²) in [7, 11) is -4.08. The first kappa shape index (κ1) is 10.5. The Morgan fingerprint density at radius 2 is 1.94 bits per heavy atom. The van der Waals surface area contributed by atoms with Crippen LogP contribution in [0.25, 0.3) is 5.76 Å². The van der Waals surface area contributed by atoms with Crippen molar-refractivity contribution in [2.45, 2.75) is 0 Å². The number of nitrogens with one attached hydrogen (secondary N) is 1. The van der Waals surface area contributed by atoms with Crippen LogP contribution in [0, 0.1) is 0 Å². The number of rotatable bonds is 1. The average Bonchev–Trinajstić information content (AvgIpc) is 2.15. The minimum absolute atomic E-state index is 0.213. The van der Waals surface area contributed by atoms with E-state index >= 15 is 0 Å². The number of hydrogen-bond acceptors (Lipinski definition) is 4. The summed E-state index contributed by atoms with van der Waals surface area (Å²) in [6.07, 6.45) is 0. The smallest absolute Gasteiger partial charge is 0.271 e. The molecule has 1 aliphatic heterocycles. The Hall–Kier alpha value is -2.02. The fourth-order valence-corrected chi connectivity index (χ4v) is 2.67. The van der Waals surface area contributed by atoms with Gasteiger partial charge in [0.25, 0.3) is 15.9 Å². The van der Waals surface area contributed by atoms with Crippen molar-refractivity contribution >= 4 is 27.4 Å². The van der Waals surface area contributed by atoms with E-state index in [4.69, 9.17) is 5.73 Å². The third-order valence-electron chi connectivity index (χ3n) is 2.13. The van der Waals surface area contributed by atoms with Gasteiger partial charge in [0.2, 0.25) is 0 Å². The maximum atomic E-state index is 11.6. The first-order valence-corrected chi connectivity index (χ1v) is 5.77. The fourth-order valence-electron chi connectivity index (χ4n) is 1.47. The molecule has 1 aromatic carbocycles. The number of amides is 1. The van der Waals surface area contributed by atoms with Crippen molar-refractivity contribution in [3.05, 3.63) is 34.7 Å². The molecular formula is C9H8N2O4S. The second-order valence-electron chi connectivity index (χ2n) is 3.19. The number of para-hydroxylation sites is 1. The molecule has 84 valence electrons. The molecule has 1 aliphatic rings. The molecule has 7 heteroatoms. The number of aliphatic hydroxyl groups is 1. The minimum Gasteiger partial charge on any atom is -0.506 e. The number of hydrogen-bond donors (Lipinski definition) is 3. The number of primary amides is 1. The van der Waals surface area contributed by atoms with Gasteiger partial charge in [0.05, 0.1) is 5.69 Å². The largest absolute Gasteiger partial charge is 0.506 e. The number of carbonyl (C=O) groups excluding carboxylic acids is 1. The molecule has 1 aromatic rings. The minimum atomic E-state index is -4.08. The van der Waals surface area contributed by atoms with Crippen LogP contribution in [0.5, 0.6) is 0 Å². The van der Waals surface area contributed by atoms with Gasteiger partial charge < -0.3 is 10.8 Å². The normalized spacial score (nSPS) is 17.5. The van der Waals surface area contributed by atoms with Gasteiger partial charge in [0.15, 0.2) is 10.7 Å². The van der Waals surface area contributed by atoms with E-state index < -0.39 is 26.6 Å². The van der Waals surface area contributed by atoms with Crippen molar-refractivity contribution in [1.29, 1.82) is 0 Å². The topological polar surface area (TPSA) is 109 Å². The highest BCUT2D eigenvalue weighted by atomic mass is 32.2. The van der Waals surface area contributed by atoms with E-state index in [0.29, 0.717) is 0 Å². The van der Waals surface area contributed by atoms with E-state index in [0.717, 1.165) is 0 Å². The van der Waals surface area contributed by atoms with Crippen LogP contribution in [0.1, 0.15) is 5.56 Å². The predicted octanol–water partition coefficient (Wildman–Crippen LogP) is 0.154. The molecule has 1 heterocycles. The van der Waals surface area contributed by atoms with Gasteiger partial charge in [-0.3, -0.25) is 9.52 Å². The van der Waals surface area contributed by atoms with Crippen molar-refractivity contribution in [3.8, 4) is 0 Å². The van der Waals surface area contributed by atoms with E-state index in [9.17, 15) is 18.3 Å². The summed E-state index contributed by atoms with van der Waals surface area (Å²) in [5.74, 6) is -1.82. The highest BCUT2D eigenvalue weighted by Gasteiger charge is 2.33. The Bertz CT molecular complexity index is 604. The Balaban J connectivity index is 2.80. The van der Waals surface area contributed by atoms with Gasteiger partial charge in [-0.2, -0.15) is 0 Å². The second-order valence-corrected chi connectivity index (χ2v) is 4.81. The summed E-state index contributed by atoms with van der Waals surface area (Å²) >= 11 is 0. The zero-order valence-electron chi connectivity index (χ0n) is 7.97. The van der Waals surface area contributed by atoms with E-state index in [2.05, 4.69) is 4.72 Å². The van der Waals surface area contributed by atoms with Crippen LogP contribution in [-0.4, -0.2) is 19.4 Å². The first-order chi connectivity index (χ1) is 7.43. The molecule has 0 saturated carbocycles. The van der Waals surface area contributed by atoms with E-state index in [1.54, 1.807) is 12.1 Å². The van der Waals surface area contributed by atoms with Crippen molar-refractivity contribution in [3.63, 3.8) is 0 Å². The van der Waals surface area contributed by atoms with Crippen LogP contribution in [0.3, 0.4) is 0 Å². The molecule has 0 spiro atoms.